The Hall–Kier alpha value is -2.64. The van der Waals surface area contributed by atoms with Crippen molar-refractivity contribution in [1.29, 1.82) is 0 Å². The number of hydrogen-bond acceptors (Lipinski definition) is 6. The number of hydrogen-bond donors (Lipinski definition) is 1. The number of halogens is 2. The highest BCUT2D eigenvalue weighted by atomic mass is 35.5. The number of nitrogens with zero attached hydrogens (tertiary/aromatic N) is 1. The summed E-state index contributed by atoms with van der Waals surface area (Å²) in [6.07, 6.45) is 0.694. The molecule has 9 heteroatoms. The first-order valence-electron chi connectivity index (χ1n) is 7.35. The number of benzene rings is 1. The van der Waals surface area contributed by atoms with Crippen LogP contribution in [0.15, 0.2) is 30.3 Å². The molecule has 136 valence electrons. The van der Waals surface area contributed by atoms with Crippen LogP contribution in [0.1, 0.15) is 16.1 Å². The third-order valence-corrected chi connectivity index (χ3v) is 3.77. The number of esters is 1. The molecule has 2 aromatic rings. The minimum absolute atomic E-state index is 0.126. The number of amides is 1. The minimum atomic E-state index is -0.731. The van der Waals surface area contributed by atoms with Crippen molar-refractivity contribution in [3.05, 3.63) is 51.6 Å². The average Bonchev–Trinajstić information content (AvgIpc) is 2.63. The van der Waals surface area contributed by atoms with E-state index in [-0.39, 0.29) is 17.4 Å². The lowest BCUT2D eigenvalue weighted by Crippen LogP contribution is -2.24. The number of aromatic nitrogens is 1. The Balaban J connectivity index is 1.78. The lowest BCUT2D eigenvalue weighted by Gasteiger charge is -2.09. The highest BCUT2D eigenvalue weighted by molar-refractivity contribution is 6.36. The molecule has 0 aliphatic heterocycles. The van der Waals surface area contributed by atoms with Gasteiger partial charge in [-0.3, -0.25) is 9.59 Å². The van der Waals surface area contributed by atoms with Crippen molar-refractivity contribution in [3.63, 3.8) is 0 Å². The summed E-state index contributed by atoms with van der Waals surface area (Å²) in [6, 6.07) is 7.63. The molecule has 1 heterocycles. The maximum atomic E-state index is 11.8. The standard InChI is InChI=1S/C17H14Cl2N2O5/c1-10-13(18)6-14(19)17(20-10)21-15(23)8-26-16(24)9-25-12-4-2-11(7-22)3-5-12/h2-7H,8-9H2,1H3,(H,20,21,23). The number of ether oxygens (including phenoxy) is 2. The molecule has 0 radical (unpaired) electrons. The Morgan fingerprint density at radius 2 is 1.85 bits per heavy atom. The molecule has 1 amide bonds. The maximum Gasteiger partial charge on any atom is 0.344 e. The molecule has 0 bridgehead atoms. The Morgan fingerprint density at radius 1 is 1.15 bits per heavy atom. The van der Waals surface area contributed by atoms with E-state index in [0.717, 1.165) is 0 Å². The van der Waals surface area contributed by atoms with Crippen molar-refractivity contribution in [1.82, 2.24) is 4.98 Å². The molecule has 2 rings (SSSR count). The van der Waals surface area contributed by atoms with Crippen LogP contribution in [0.5, 0.6) is 5.75 Å². The lowest BCUT2D eigenvalue weighted by molar-refractivity contribution is -0.149. The average molecular weight is 397 g/mol. The molecule has 0 spiro atoms. The molecule has 0 atom stereocenters. The quantitative estimate of drug-likeness (QED) is 0.570. The fraction of sp³-hybridized carbons (Fsp3) is 0.176. The predicted molar refractivity (Wildman–Crippen MR) is 95.9 cm³/mol. The van der Waals surface area contributed by atoms with Gasteiger partial charge in [-0.15, -0.1) is 0 Å². The smallest absolute Gasteiger partial charge is 0.344 e. The van der Waals surface area contributed by atoms with Gasteiger partial charge in [-0.25, -0.2) is 9.78 Å². The molecular formula is C17H14Cl2N2O5. The summed E-state index contributed by atoms with van der Waals surface area (Å²) in [5.41, 5.74) is 0.985. The van der Waals surface area contributed by atoms with E-state index in [1.807, 2.05) is 0 Å². The third kappa shape index (κ3) is 5.72. The molecule has 0 aliphatic rings. The maximum absolute atomic E-state index is 11.8. The topological polar surface area (TPSA) is 94.6 Å². The Kier molecular flexibility index (Phi) is 6.94. The summed E-state index contributed by atoms with van der Waals surface area (Å²) in [6.45, 7) is 0.756. The van der Waals surface area contributed by atoms with Gasteiger partial charge in [-0.2, -0.15) is 0 Å². The zero-order valence-corrected chi connectivity index (χ0v) is 15.1. The number of nitrogens with one attached hydrogen (secondary N) is 1. The zero-order valence-electron chi connectivity index (χ0n) is 13.6. The normalized spacial score (nSPS) is 10.1. The van der Waals surface area contributed by atoms with Crippen LogP contribution in [-0.2, 0) is 14.3 Å². The fourth-order valence-electron chi connectivity index (χ4n) is 1.79. The van der Waals surface area contributed by atoms with E-state index in [0.29, 0.717) is 28.3 Å². The van der Waals surface area contributed by atoms with E-state index < -0.39 is 18.5 Å². The van der Waals surface area contributed by atoms with Gasteiger partial charge in [0.1, 0.15) is 12.0 Å². The van der Waals surface area contributed by atoms with E-state index in [1.165, 1.54) is 6.07 Å². The second kappa shape index (κ2) is 9.17. The molecule has 0 saturated heterocycles. The Bertz CT molecular complexity index is 825. The van der Waals surface area contributed by atoms with Crippen molar-refractivity contribution in [2.75, 3.05) is 18.5 Å². The number of pyridine rings is 1. The molecule has 26 heavy (non-hydrogen) atoms. The van der Waals surface area contributed by atoms with Crippen LogP contribution < -0.4 is 10.1 Å². The third-order valence-electron chi connectivity index (χ3n) is 3.10. The van der Waals surface area contributed by atoms with E-state index in [2.05, 4.69) is 10.3 Å². The van der Waals surface area contributed by atoms with Gasteiger partial charge in [-0.1, -0.05) is 23.2 Å². The van der Waals surface area contributed by atoms with Crippen molar-refractivity contribution < 1.29 is 23.9 Å². The first-order chi connectivity index (χ1) is 12.4. The Labute approximate surface area is 159 Å². The van der Waals surface area contributed by atoms with Crippen LogP contribution >= 0.6 is 23.2 Å². The predicted octanol–water partition coefficient (Wildman–Crippen LogP) is 3.07. The van der Waals surface area contributed by atoms with Gasteiger partial charge in [0.05, 0.1) is 15.7 Å². The van der Waals surface area contributed by atoms with Crippen LogP contribution in [0.2, 0.25) is 10.0 Å². The molecular weight excluding hydrogens is 383 g/mol. The van der Waals surface area contributed by atoms with Crippen molar-refractivity contribution >= 4 is 47.2 Å². The van der Waals surface area contributed by atoms with E-state index in [1.54, 1.807) is 31.2 Å². The van der Waals surface area contributed by atoms with Gasteiger partial charge >= 0.3 is 5.97 Å². The molecule has 1 aromatic heterocycles. The highest BCUT2D eigenvalue weighted by Gasteiger charge is 2.12. The summed E-state index contributed by atoms with van der Waals surface area (Å²) in [5, 5.41) is 2.97. The highest BCUT2D eigenvalue weighted by Crippen LogP contribution is 2.25. The van der Waals surface area contributed by atoms with Crippen molar-refractivity contribution in [2.45, 2.75) is 6.92 Å². The first-order valence-corrected chi connectivity index (χ1v) is 8.11. The molecule has 0 unspecified atom stereocenters. The minimum Gasteiger partial charge on any atom is -0.482 e. The molecule has 1 aromatic carbocycles. The van der Waals surface area contributed by atoms with Gasteiger partial charge in [0, 0.05) is 5.56 Å². The fourth-order valence-corrected chi connectivity index (χ4v) is 2.19. The Morgan fingerprint density at radius 3 is 2.50 bits per heavy atom. The van der Waals surface area contributed by atoms with Crippen LogP contribution in [0.3, 0.4) is 0 Å². The van der Waals surface area contributed by atoms with Crippen LogP contribution in [-0.4, -0.2) is 36.4 Å². The largest absolute Gasteiger partial charge is 0.482 e. The molecule has 0 fully saturated rings. The number of rotatable bonds is 7. The van der Waals surface area contributed by atoms with Gasteiger partial charge in [0.15, 0.2) is 19.0 Å². The summed E-state index contributed by atoms with van der Waals surface area (Å²) in [4.78, 5) is 38.0. The van der Waals surface area contributed by atoms with Crippen LogP contribution in [0, 0.1) is 6.92 Å². The van der Waals surface area contributed by atoms with Gasteiger partial charge < -0.3 is 14.8 Å². The number of carbonyl (C=O) groups excluding carboxylic acids is 3. The summed E-state index contributed by atoms with van der Waals surface area (Å²) in [7, 11) is 0. The lowest BCUT2D eigenvalue weighted by atomic mass is 10.2. The number of carbonyl (C=O) groups is 3. The number of aldehydes is 1. The summed E-state index contributed by atoms with van der Waals surface area (Å²) < 4.78 is 10.0. The first kappa shape index (κ1) is 19.7. The van der Waals surface area contributed by atoms with Crippen LogP contribution in [0.25, 0.3) is 0 Å². The molecule has 0 saturated carbocycles. The van der Waals surface area contributed by atoms with Gasteiger partial charge in [0.2, 0.25) is 0 Å². The van der Waals surface area contributed by atoms with Gasteiger partial charge in [-0.05, 0) is 37.3 Å². The van der Waals surface area contributed by atoms with E-state index >= 15 is 0 Å². The van der Waals surface area contributed by atoms with Crippen LogP contribution in [0.4, 0.5) is 5.82 Å². The second-order valence-electron chi connectivity index (χ2n) is 5.07. The summed E-state index contributed by atoms with van der Waals surface area (Å²) in [5.74, 6) is -0.818. The number of anilines is 1. The zero-order chi connectivity index (χ0) is 19.1. The van der Waals surface area contributed by atoms with Crippen molar-refractivity contribution in [2.24, 2.45) is 0 Å². The SMILES string of the molecule is Cc1nc(NC(=O)COC(=O)COc2ccc(C=O)cc2)c(Cl)cc1Cl. The number of aryl methyl sites for hydroxylation is 1. The molecule has 7 nitrogen and oxygen atoms in total. The van der Waals surface area contributed by atoms with Crippen molar-refractivity contribution in [3.8, 4) is 5.75 Å². The van der Waals surface area contributed by atoms with E-state index in [4.69, 9.17) is 32.7 Å². The summed E-state index contributed by atoms with van der Waals surface area (Å²) >= 11 is 11.8. The van der Waals surface area contributed by atoms with E-state index in [9.17, 15) is 14.4 Å². The second-order valence-corrected chi connectivity index (χ2v) is 5.88. The van der Waals surface area contributed by atoms with Gasteiger partial charge in [0.25, 0.3) is 5.91 Å². The molecule has 1 N–H and O–H groups in total. The monoisotopic (exact) mass is 396 g/mol. The molecule has 0 aliphatic carbocycles.